The van der Waals surface area contributed by atoms with Crippen molar-refractivity contribution in [2.24, 2.45) is 11.0 Å². The van der Waals surface area contributed by atoms with Crippen LogP contribution in [-0.2, 0) is 4.79 Å². The molecule has 1 aromatic heterocycles. The van der Waals surface area contributed by atoms with Crippen LogP contribution in [0.3, 0.4) is 0 Å². The summed E-state index contributed by atoms with van der Waals surface area (Å²) in [5.74, 6) is 1.62. The predicted molar refractivity (Wildman–Crippen MR) is 136 cm³/mol. The summed E-state index contributed by atoms with van der Waals surface area (Å²) in [5.41, 5.74) is 4.94. The maximum Gasteiger partial charge on any atom is 0.262 e. The fourth-order valence-corrected chi connectivity index (χ4v) is 4.30. The van der Waals surface area contributed by atoms with E-state index in [-0.39, 0.29) is 18.6 Å². The van der Waals surface area contributed by atoms with Crippen LogP contribution in [0.1, 0.15) is 41.9 Å². The van der Waals surface area contributed by atoms with Gasteiger partial charge in [0.25, 0.3) is 11.8 Å². The molecule has 3 aromatic rings. The lowest BCUT2D eigenvalue weighted by molar-refractivity contribution is -0.123. The van der Waals surface area contributed by atoms with E-state index in [1.54, 1.807) is 24.3 Å². The Morgan fingerprint density at radius 1 is 1.09 bits per heavy atom. The van der Waals surface area contributed by atoms with E-state index in [1.165, 1.54) is 6.21 Å². The fraction of sp³-hybridized carbons (Fsp3) is 0.269. The van der Waals surface area contributed by atoms with Gasteiger partial charge < -0.3 is 19.2 Å². The summed E-state index contributed by atoms with van der Waals surface area (Å²) in [5, 5.41) is 6.81. The van der Waals surface area contributed by atoms with E-state index in [0.29, 0.717) is 35.0 Å². The number of nitrogens with one attached hydrogen (secondary N) is 2. The Hall–Kier alpha value is -3.59. The molecular weight excluding hydrogens is 514 g/mol. The van der Waals surface area contributed by atoms with Gasteiger partial charge in [-0.2, -0.15) is 5.10 Å². The molecular formula is C26H26BrN3O5. The molecule has 0 saturated carbocycles. The monoisotopic (exact) mass is 539 g/mol. The van der Waals surface area contributed by atoms with E-state index in [4.69, 9.17) is 13.9 Å². The first-order chi connectivity index (χ1) is 16.8. The lowest BCUT2D eigenvalue weighted by atomic mass is 10.0. The van der Waals surface area contributed by atoms with E-state index in [0.717, 1.165) is 15.6 Å². The number of halogens is 1. The number of carbonyl (C=O) groups is 2. The molecule has 8 nitrogen and oxygen atoms in total. The van der Waals surface area contributed by atoms with Gasteiger partial charge >= 0.3 is 0 Å². The third-order valence-electron chi connectivity index (χ3n) is 5.35. The first-order valence-corrected chi connectivity index (χ1v) is 12.0. The number of aryl methyl sites for hydroxylation is 1. The second kappa shape index (κ2) is 10.8. The summed E-state index contributed by atoms with van der Waals surface area (Å²) in [6.45, 7) is 6.09. The van der Waals surface area contributed by atoms with Crippen molar-refractivity contribution in [3.63, 3.8) is 0 Å². The van der Waals surface area contributed by atoms with E-state index in [9.17, 15) is 9.59 Å². The molecule has 4 rings (SSSR count). The van der Waals surface area contributed by atoms with E-state index in [1.807, 2.05) is 45.0 Å². The van der Waals surface area contributed by atoms with Crippen LogP contribution in [-0.4, -0.2) is 30.9 Å². The Morgan fingerprint density at radius 2 is 1.89 bits per heavy atom. The van der Waals surface area contributed by atoms with Crippen LogP contribution in [0.15, 0.2) is 62.5 Å². The van der Waals surface area contributed by atoms with Crippen LogP contribution >= 0.6 is 15.9 Å². The summed E-state index contributed by atoms with van der Waals surface area (Å²) in [4.78, 5) is 25.6. The molecule has 2 amide bonds. The number of hydrazone groups is 1. The van der Waals surface area contributed by atoms with Crippen molar-refractivity contribution >= 4 is 34.0 Å². The number of nitrogens with zero attached hydrogens (tertiary/aromatic N) is 1. The van der Waals surface area contributed by atoms with Crippen molar-refractivity contribution in [2.45, 2.75) is 33.2 Å². The van der Waals surface area contributed by atoms with Gasteiger partial charge in [-0.1, -0.05) is 35.8 Å². The van der Waals surface area contributed by atoms with Crippen LogP contribution in [0.2, 0.25) is 0 Å². The van der Waals surface area contributed by atoms with Crippen LogP contribution < -0.4 is 20.2 Å². The zero-order valence-electron chi connectivity index (χ0n) is 19.6. The van der Waals surface area contributed by atoms with Gasteiger partial charge in [-0.05, 0) is 67.3 Å². The van der Waals surface area contributed by atoms with E-state index >= 15 is 0 Å². The van der Waals surface area contributed by atoms with Gasteiger partial charge in [-0.25, -0.2) is 5.43 Å². The lowest BCUT2D eigenvalue weighted by Gasteiger charge is -2.19. The van der Waals surface area contributed by atoms with Crippen molar-refractivity contribution in [3.8, 4) is 22.8 Å². The average Bonchev–Trinajstić information content (AvgIpc) is 3.47. The second-order valence-electron chi connectivity index (χ2n) is 8.64. The van der Waals surface area contributed by atoms with Crippen LogP contribution in [0, 0.1) is 12.8 Å². The molecule has 182 valence electrons. The van der Waals surface area contributed by atoms with E-state index in [2.05, 4.69) is 31.8 Å². The Balaban J connectivity index is 1.39. The Morgan fingerprint density at radius 3 is 2.66 bits per heavy atom. The normalized spacial score (nSPS) is 13.3. The number of rotatable bonds is 8. The van der Waals surface area contributed by atoms with Gasteiger partial charge in [0.05, 0.1) is 6.21 Å². The minimum atomic E-state index is -0.763. The number of ether oxygens (including phenoxy) is 2. The van der Waals surface area contributed by atoms with Crippen LogP contribution in [0.25, 0.3) is 11.3 Å². The maximum atomic E-state index is 12.8. The third kappa shape index (κ3) is 6.10. The molecule has 35 heavy (non-hydrogen) atoms. The number of carbonyl (C=O) groups excluding carboxylic acids is 2. The molecule has 1 atom stereocenters. The molecule has 0 spiro atoms. The summed E-state index contributed by atoms with van der Waals surface area (Å²) < 4.78 is 17.4. The predicted octanol–water partition coefficient (Wildman–Crippen LogP) is 5.04. The van der Waals surface area contributed by atoms with Crippen molar-refractivity contribution in [1.29, 1.82) is 0 Å². The fourth-order valence-electron chi connectivity index (χ4n) is 3.61. The van der Waals surface area contributed by atoms with Crippen LogP contribution in [0.5, 0.6) is 11.5 Å². The Labute approximate surface area is 211 Å². The van der Waals surface area contributed by atoms with Gasteiger partial charge in [-0.15, -0.1) is 0 Å². The Bertz CT molecular complexity index is 1270. The number of furan rings is 1. The van der Waals surface area contributed by atoms with E-state index < -0.39 is 11.9 Å². The zero-order chi connectivity index (χ0) is 24.9. The third-order valence-corrected chi connectivity index (χ3v) is 6.00. The van der Waals surface area contributed by atoms with Gasteiger partial charge in [0.2, 0.25) is 6.79 Å². The summed E-state index contributed by atoms with van der Waals surface area (Å²) in [7, 11) is 0. The Kier molecular flexibility index (Phi) is 7.55. The zero-order valence-corrected chi connectivity index (χ0v) is 21.2. The number of hydrogen-bond donors (Lipinski definition) is 2. The highest BCUT2D eigenvalue weighted by atomic mass is 79.9. The minimum Gasteiger partial charge on any atom is -0.455 e. The lowest BCUT2D eigenvalue weighted by Crippen LogP contribution is -2.46. The van der Waals surface area contributed by atoms with Crippen molar-refractivity contribution in [1.82, 2.24) is 10.7 Å². The van der Waals surface area contributed by atoms with Crippen molar-refractivity contribution < 1.29 is 23.5 Å². The topological polar surface area (TPSA) is 102 Å². The molecule has 0 fully saturated rings. The molecule has 1 aliphatic rings. The SMILES string of the molecule is Cc1ccc(-c2ccc(/C=N\NC(=O)[C@H](CC(C)C)NC(=O)c3ccc4c(c3)OCO4)o2)c(Br)c1. The highest BCUT2D eigenvalue weighted by Crippen LogP contribution is 2.32. The number of fused-ring (bicyclic) bond motifs is 1. The maximum absolute atomic E-state index is 12.8. The quantitative estimate of drug-likeness (QED) is 0.308. The largest absolute Gasteiger partial charge is 0.455 e. The van der Waals surface area contributed by atoms with Gasteiger partial charge in [0.1, 0.15) is 17.6 Å². The molecule has 9 heteroatoms. The van der Waals surface area contributed by atoms with Crippen molar-refractivity contribution in [2.75, 3.05) is 6.79 Å². The van der Waals surface area contributed by atoms with Gasteiger partial charge in [-0.3, -0.25) is 9.59 Å². The molecule has 2 heterocycles. The molecule has 2 aromatic carbocycles. The highest BCUT2D eigenvalue weighted by molar-refractivity contribution is 9.10. The molecule has 2 N–H and O–H groups in total. The summed E-state index contributed by atoms with van der Waals surface area (Å²) in [6, 6.07) is 13.7. The first kappa shape index (κ1) is 24.5. The van der Waals surface area contributed by atoms with Crippen LogP contribution in [0.4, 0.5) is 0 Å². The highest BCUT2D eigenvalue weighted by Gasteiger charge is 2.24. The molecule has 0 saturated heterocycles. The number of benzene rings is 2. The standard InChI is InChI=1S/C26H26BrN3O5/c1-15(2)10-21(29-25(31)17-5-8-23-24(12-17)34-14-33-23)26(32)30-28-13-18-6-9-22(35-18)19-7-4-16(3)11-20(19)27/h4-9,11-13,15,21H,10,14H2,1-3H3,(H,29,31)(H,30,32)/b28-13-/t21-/m0/s1. The molecule has 0 bridgehead atoms. The number of hydrogen-bond acceptors (Lipinski definition) is 6. The first-order valence-electron chi connectivity index (χ1n) is 11.2. The van der Waals surface area contributed by atoms with Gasteiger partial charge in [0.15, 0.2) is 11.5 Å². The minimum absolute atomic E-state index is 0.121. The second-order valence-corrected chi connectivity index (χ2v) is 9.50. The smallest absolute Gasteiger partial charge is 0.262 e. The molecule has 1 aliphatic heterocycles. The van der Waals surface area contributed by atoms with Crippen molar-refractivity contribution in [3.05, 3.63) is 69.9 Å². The summed E-state index contributed by atoms with van der Waals surface area (Å²) >= 11 is 3.55. The number of amides is 2. The molecule has 0 radical (unpaired) electrons. The van der Waals surface area contributed by atoms with Gasteiger partial charge in [0, 0.05) is 15.6 Å². The molecule has 0 unspecified atom stereocenters. The summed E-state index contributed by atoms with van der Waals surface area (Å²) in [6.07, 6.45) is 1.87. The molecule has 0 aliphatic carbocycles. The average molecular weight is 540 g/mol.